The van der Waals surface area contributed by atoms with Crippen molar-refractivity contribution in [3.05, 3.63) is 11.2 Å². The minimum atomic E-state index is -0.730. The number of carbonyl (C=O) groups excluding carboxylic acids is 1. The highest BCUT2D eigenvalue weighted by Gasteiger charge is 2.07. The van der Waals surface area contributed by atoms with Crippen molar-refractivity contribution in [1.82, 2.24) is 5.43 Å². The number of halogens is 1. The van der Waals surface area contributed by atoms with E-state index in [1.807, 2.05) is 0 Å². The molecule has 0 saturated carbocycles. The third-order valence-electron chi connectivity index (χ3n) is 0.952. The van der Waals surface area contributed by atoms with Crippen LogP contribution in [0.2, 0.25) is 0 Å². The topological polar surface area (TPSA) is 74.5 Å². The summed E-state index contributed by atoms with van der Waals surface area (Å²) >= 11 is 5.49. The second kappa shape index (κ2) is 6.19. The first-order chi connectivity index (χ1) is 6.11. The van der Waals surface area contributed by atoms with Crippen LogP contribution in [-0.2, 0) is 9.53 Å². The van der Waals surface area contributed by atoms with E-state index in [0.717, 1.165) is 6.08 Å². The highest BCUT2D eigenvalue weighted by molar-refractivity contribution is 6.42. The molecule has 2 N–H and O–H groups in total. The second-order valence-corrected chi connectivity index (χ2v) is 2.30. The lowest BCUT2D eigenvalue weighted by atomic mass is 10.4. The normalized spacial score (nSPS) is 10.5. The fourth-order valence-corrected chi connectivity index (χ4v) is 0.671. The number of hydrogen-bond acceptors (Lipinski definition) is 5. The second-order valence-electron chi connectivity index (χ2n) is 1.90. The summed E-state index contributed by atoms with van der Waals surface area (Å²) in [5.41, 5.74) is 1.92. The molecule has 0 fully saturated rings. The van der Waals surface area contributed by atoms with E-state index in [0.29, 0.717) is 0 Å². The first kappa shape index (κ1) is 11.6. The van der Waals surface area contributed by atoms with Gasteiger partial charge in [0.05, 0.1) is 6.61 Å². The Morgan fingerprint density at radius 2 is 2.46 bits per heavy atom. The summed E-state index contributed by atoms with van der Waals surface area (Å²) < 4.78 is 4.54. The maximum atomic E-state index is 10.9. The van der Waals surface area contributed by atoms with Crippen molar-refractivity contribution in [2.75, 3.05) is 6.61 Å². The van der Waals surface area contributed by atoms with Crippen LogP contribution in [0.4, 0.5) is 0 Å². The fourth-order valence-electron chi connectivity index (χ4n) is 0.502. The van der Waals surface area contributed by atoms with Crippen LogP contribution in [0.15, 0.2) is 16.3 Å². The molecule has 0 aromatic carbocycles. The van der Waals surface area contributed by atoms with Crippen LogP contribution >= 0.6 is 11.6 Å². The van der Waals surface area contributed by atoms with Gasteiger partial charge in [-0.2, -0.15) is 5.10 Å². The molecule has 0 spiro atoms. The van der Waals surface area contributed by atoms with E-state index in [1.165, 1.54) is 0 Å². The van der Waals surface area contributed by atoms with Crippen LogP contribution in [-0.4, -0.2) is 25.0 Å². The van der Waals surface area contributed by atoms with Gasteiger partial charge in [0.1, 0.15) is 10.9 Å². The lowest BCUT2D eigenvalue weighted by Crippen LogP contribution is -2.15. The molecule has 0 aliphatic carbocycles. The van der Waals surface area contributed by atoms with Gasteiger partial charge in [-0.3, -0.25) is 10.8 Å². The molecule has 72 valence electrons. The van der Waals surface area contributed by atoms with Crippen LogP contribution in [0.25, 0.3) is 0 Å². The Kier molecular flexibility index (Phi) is 5.54. The summed E-state index contributed by atoms with van der Waals surface area (Å²) in [7, 11) is 0. The molecule has 0 saturated heterocycles. The molecule has 0 radical (unpaired) electrons. The molecule has 0 amide bonds. The van der Waals surface area contributed by atoms with E-state index in [-0.39, 0.29) is 17.5 Å². The van der Waals surface area contributed by atoms with Crippen molar-refractivity contribution >= 4 is 30.0 Å². The molecule has 0 heterocycles. The molecule has 0 bridgehead atoms. The van der Waals surface area contributed by atoms with Crippen LogP contribution in [0, 0.1) is 5.41 Å². The molecular formula is C7H10ClN3O2. The number of carbonyl (C=O) groups is 1. The Bertz CT molecular complexity index is 250. The molecule has 6 heteroatoms. The molecule has 13 heavy (non-hydrogen) atoms. The molecule has 0 aliphatic heterocycles. The quantitative estimate of drug-likeness (QED) is 0.301. The Balaban J connectivity index is 4.19. The third kappa shape index (κ3) is 4.97. The van der Waals surface area contributed by atoms with Gasteiger partial charge in [-0.1, -0.05) is 11.6 Å². The Hall–Kier alpha value is -1.36. The van der Waals surface area contributed by atoms with Gasteiger partial charge in [-0.25, -0.2) is 4.79 Å². The van der Waals surface area contributed by atoms with Crippen molar-refractivity contribution < 1.29 is 9.53 Å². The molecule has 0 unspecified atom stereocenters. The highest BCUT2D eigenvalue weighted by atomic mass is 35.5. The maximum Gasteiger partial charge on any atom is 0.356 e. The zero-order chi connectivity index (χ0) is 10.3. The number of nitrogens with zero attached hydrogens (tertiary/aromatic N) is 1. The third-order valence-corrected chi connectivity index (χ3v) is 1.15. The largest absolute Gasteiger partial charge is 0.461 e. The molecule has 0 atom stereocenters. The van der Waals surface area contributed by atoms with Gasteiger partial charge in [0.2, 0.25) is 0 Å². The SMILES string of the molecule is C=NN/C(Cl)=C\C(=N)C(=O)OCC. The van der Waals surface area contributed by atoms with E-state index >= 15 is 0 Å². The first-order valence-electron chi connectivity index (χ1n) is 3.46. The van der Waals surface area contributed by atoms with E-state index < -0.39 is 5.97 Å². The van der Waals surface area contributed by atoms with Crippen molar-refractivity contribution in [2.24, 2.45) is 5.10 Å². The zero-order valence-electron chi connectivity index (χ0n) is 7.13. The average molecular weight is 204 g/mol. The van der Waals surface area contributed by atoms with Gasteiger partial charge in [-0.15, -0.1) is 0 Å². The Morgan fingerprint density at radius 3 is 2.92 bits per heavy atom. The van der Waals surface area contributed by atoms with Crippen molar-refractivity contribution in [1.29, 1.82) is 5.41 Å². The highest BCUT2D eigenvalue weighted by Crippen LogP contribution is 1.96. The summed E-state index contributed by atoms with van der Waals surface area (Å²) in [4.78, 5) is 10.9. The van der Waals surface area contributed by atoms with Crippen molar-refractivity contribution in [2.45, 2.75) is 6.92 Å². The van der Waals surface area contributed by atoms with Crippen molar-refractivity contribution in [3.8, 4) is 0 Å². The minimum absolute atomic E-state index is 0.0352. The maximum absolute atomic E-state index is 10.9. The van der Waals surface area contributed by atoms with Gasteiger partial charge in [0.25, 0.3) is 0 Å². The van der Waals surface area contributed by atoms with Crippen LogP contribution in [0.1, 0.15) is 6.92 Å². The van der Waals surface area contributed by atoms with Gasteiger partial charge in [-0.05, 0) is 6.92 Å². The number of ether oxygens (including phenoxy) is 1. The average Bonchev–Trinajstić information content (AvgIpc) is 2.05. The van der Waals surface area contributed by atoms with Gasteiger partial charge in [0, 0.05) is 12.8 Å². The van der Waals surface area contributed by atoms with Gasteiger partial charge >= 0.3 is 5.97 Å². The first-order valence-corrected chi connectivity index (χ1v) is 3.84. The summed E-state index contributed by atoms with van der Waals surface area (Å²) in [5.74, 6) is -0.730. The smallest absolute Gasteiger partial charge is 0.356 e. The number of esters is 1. The molecule has 0 aromatic rings. The Labute approximate surface area is 80.9 Å². The lowest BCUT2D eigenvalue weighted by Gasteiger charge is -1.99. The standard InChI is InChI=1S/C7H10ClN3O2/c1-3-13-7(12)5(9)4-6(8)11-10-2/h4,9,11H,2-3H2,1H3/b6-4-,9-5?. The predicted octanol–water partition coefficient (Wildman–Crippen LogP) is 0.855. The predicted molar refractivity (Wildman–Crippen MR) is 51.0 cm³/mol. The van der Waals surface area contributed by atoms with Gasteiger partial charge < -0.3 is 4.74 Å². The van der Waals surface area contributed by atoms with Gasteiger partial charge in [0.15, 0.2) is 0 Å². The summed E-state index contributed by atoms with van der Waals surface area (Å²) in [6.45, 7) is 4.99. The summed E-state index contributed by atoms with van der Waals surface area (Å²) in [6, 6.07) is 0. The molecular weight excluding hydrogens is 194 g/mol. The molecule has 0 aliphatic rings. The Morgan fingerprint density at radius 1 is 1.85 bits per heavy atom. The van der Waals surface area contributed by atoms with Crippen LogP contribution in [0.5, 0.6) is 0 Å². The number of hydrazone groups is 1. The number of rotatable bonds is 5. The van der Waals surface area contributed by atoms with Crippen molar-refractivity contribution in [3.63, 3.8) is 0 Å². The molecule has 0 rings (SSSR count). The number of hydrogen-bond donors (Lipinski definition) is 2. The minimum Gasteiger partial charge on any atom is -0.461 e. The zero-order valence-corrected chi connectivity index (χ0v) is 7.89. The molecule has 0 aromatic heterocycles. The number of nitrogens with one attached hydrogen (secondary N) is 2. The summed E-state index contributed by atoms with van der Waals surface area (Å²) in [6.07, 6.45) is 1.09. The van der Waals surface area contributed by atoms with E-state index in [4.69, 9.17) is 17.0 Å². The van der Waals surface area contributed by atoms with E-state index in [9.17, 15) is 4.79 Å². The van der Waals surface area contributed by atoms with Crippen LogP contribution in [0.3, 0.4) is 0 Å². The lowest BCUT2D eigenvalue weighted by molar-refractivity contribution is -0.135. The van der Waals surface area contributed by atoms with Crippen LogP contribution < -0.4 is 5.43 Å². The summed E-state index contributed by atoms with van der Waals surface area (Å²) in [5, 5.41) is 10.4. The van der Waals surface area contributed by atoms with E-state index in [1.54, 1.807) is 6.92 Å². The van der Waals surface area contributed by atoms with E-state index in [2.05, 4.69) is 22.0 Å². The molecule has 5 nitrogen and oxygen atoms in total. The monoisotopic (exact) mass is 203 g/mol. The fraction of sp³-hybridized carbons (Fsp3) is 0.286.